The molecule has 2 rings (SSSR count). The molecule has 1 atom stereocenters. The second-order valence-corrected chi connectivity index (χ2v) is 5.96. The third kappa shape index (κ3) is 5.09. The Morgan fingerprint density at radius 3 is 2.56 bits per heavy atom. The van der Waals surface area contributed by atoms with Crippen molar-refractivity contribution in [3.05, 3.63) is 52.7 Å². The predicted molar refractivity (Wildman–Crippen MR) is 91.2 cm³/mol. The summed E-state index contributed by atoms with van der Waals surface area (Å²) >= 11 is 5.65. The monoisotopic (exact) mass is 371 g/mol. The molecule has 0 bridgehead atoms. The highest BCUT2D eigenvalue weighted by molar-refractivity contribution is 6.30. The van der Waals surface area contributed by atoms with Crippen LogP contribution in [0, 0.1) is 0 Å². The van der Waals surface area contributed by atoms with Gasteiger partial charge in [0.1, 0.15) is 5.82 Å². The molecule has 134 valence electrons. The molecular weight excluding hydrogens is 355 g/mol. The van der Waals surface area contributed by atoms with E-state index in [-0.39, 0.29) is 28.5 Å². The third-order valence-electron chi connectivity index (χ3n) is 3.57. The number of carbonyl (C=O) groups excluding carboxylic acids is 1. The quantitative estimate of drug-likeness (QED) is 0.775. The zero-order valence-corrected chi connectivity index (χ0v) is 14.4. The molecule has 1 aromatic carbocycles. The Balaban J connectivity index is 2.18. The van der Waals surface area contributed by atoms with Crippen molar-refractivity contribution in [3.8, 4) is 0 Å². The topological polar surface area (TPSA) is 54.0 Å². The lowest BCUT2D eigenvalue weighted by atomic mass is 10.1. The van der Waals surface area contributed by atoms with Gasteiger partial charge in [0.05, 0.1) is 16.8 Å². The Morgan fingerprint density at radius 1 is 1.28 bits per heavy atom. The van der Waals surface area contributed by atoms with Crippen molar-refractivity contribution in [2.45, 2.75) is 32.5 Å². The zero-order valence-electron chi connectivity index (χ0n) is 13.6. The van der Waals surface area contributed by atoms with Crippen LogP contribution in [0.4, 0.5) is 24.7 Å². The number of nitrogens with zero attached hydrogens (tertiary/aromatic N) is 1. The largest absolute Gasteiger partial charge is 0.418 e. The highest BCUT2D eigenvalue weighted by Crippen LogP contribution is 2.37. The van der Waals surface area contributed by atoms with E-state index in [1.54, 1.807) is 0 Å². The fourth-order valence-corrected chi connectivity index (χ4v) is 2.18. The van der Waals surface area contributed by atoms with Gasteiger partial charge in [-0.25, -0.2) is 4.98 Å². The first-order valence-corrected chi connectivity index (χ1v) is 7.99. The standard InChI is InChI=1S/C17H17ClF3N3O/c1-3-10(2)23-16(25)11-4-7-15(22-9-11)24-14-6-5-12(18)8-13(14)17(19,20)21/h4-10H,3H2,1-2H3,(H,22,24)(H,23,25). The lowest BCUT2D eigenvalue weighted by molar-refractivity contribution is -0.136. The van der Waals surface area contributed by atoms with Crippen molar-refractivity contribution in [2.75, 3.05) is 5.32 Å². The van der Waals surface area contributed by atoms with E-state index in [9.17, 15) is 18.0 Å². The average molecular weight is 372 g/mol. The first-order chi connectivity index (χ1) is 11.7. The van der Waals surface area contributed by atoms with Gasteiger partial charge >= 0.3 is 6.18 Å². The van der Waals surface area contributed by atoms with Gasteiger partial charge < -0.3 is 10.6 Å². The van der Waals surface area contributed by atoms with Crippen LogP contribution in [0.15, 0.2) is 36.5 Å². The number of carbonyl (C=O) groups is 1. The van der Waals surface area contributed by atoms with Gasteiger partial charge in [-0.2, -0.15) is 13.2 Å². The van der Waals surface area contributed by atoms with Gasteiger partial charge in [0.25, 0.3) is 5.91 Å². The number of alkyl halides is 3. The fraction of sp³-hybridized carbons (Fsp3) is 0.294. The number of pyridine rings is 1. The van der Waals surface area contributed by atoms with E-state index in [0.29, 0.717) is 5.56 Å². The molecule has 2 N–H and O–H groups in total. The molecule has 1 aromatic heterocycles. The highest BCUT2D eigenvalue weighted by Gasteiger charge is 2.33. The molecule has 8 heteroatoms. The molecule has 2 aromatic rings. The fourth-order valence-electron chi connectivity index (χ4n) is 2.01. The molecule has 25 heavy (non-hydrogen) atoms. The molecule has 1 amide bonds. The first kappa shape index (κ1) is 19.1. The molecule has 1 unspecified atom stereocenters. The molecule has 0 aliphatic heterocycles. The molecule has 0 fully saturated rings. The number of halogens is 4. The van der Waals surface area contributed by atoms with Gasteiger partial charge in [-0.15, -0.1) is 0 Å². The van der Waals surface area contributed by atoms with Crippen LogP contribution in [0.5, 0.6) is 0 Å². The third-order valence-corrected chi connectivity index (χ3v) is 3.80. The van der Waals surface area contributed by atoms with E-state index < -0.39 is 11.7 Å². The molecule has 0 spiro atoms. The Morgan fingerprint density at radius 2 is 2.00 bits per heavy atom. The Labute approximate surface area is 148 Å². The van der Waals surface area contributed by atoms with Gasteiger partial charge in [-0.1, -0.05) is 18.5 Å². The Hall–Kier alpha value is -2.28. The van der Waals surface area contributed by atoms with E-state index in [2.05, 4.69) is 15.6 Å². The second-order valence-electron chi connectivity index (χ2n) is 5.53. The summed E-state index contributed by atoms with van der Waals surface area (Å²) < 4.78 is 39.3. The van der Waals surface area contributed by atoms with E-state index in [1.807, 2.05) is 13.8 Å². The molecule has 0 saturated heterocycles. The maximum Gasteiger partial charge on any atom is 0.418 e. The minimum Gasteiger partial charge on any atom is -0.350 e. The molecule has 1 heterocycles. The molecule has 0 aliphatic rings. The Bertz CT molecular complexity index is 748. The average Bonchev–Trinajstić information content (AvgIpc) is 2.56. The zero-order chi connectivity index (χ0) is 18.6. The summed E-state index contributed by atoms with van der Waals surface area (Å²) in [6.45, 7) is 3.82. The van der Waals surface area contributed by atoms with Crippen LogP contribution < -0.4 is 10.6 Å². The van der Waals surface area contributed by atoms with Crippen LogP contribution in [0.25, 0.3) is 0 Å². The number of anilines is 2. The van der Waals surface area contributed by atoms with Crippen molar-refractivity contribution in [1.82, 2.24) is 10.3 Å². The van der Waals surface area contributed by atoms with Gasteiger partial charge in [0, 0.05) is 17.3 Å². The van der Waals surface area contributed by atoms with Crippen molar-refractivity contribution < 1.29 is 18.0 Å². The number of benzene rings is 1. The molecule has 0 radical (unpaired) electrons. The molecular formula is C17H17ClF3N3O. The van der Waals surface area contributed by atoms with Crippen molar-refractivity contribution >= 4 is 29.0 Å². The summed E-state index contributed by atoms with van der Waals surface area (Å²) in [5, 5.41) is 5.38. The van der Waals surface area contributed by atoms with Crippen LogP contribution >= 0.6 is 11.6 Å². The number of rotatable bonds is 5. The lowest BCUT2D eigenvalue weighted by Gasteiger charge is -2.15. The van der Waals surface area contributed by atoms with Crippen LogP contribution in [-0.4, -0.2) is 16.9 Å². The van der Waals surface area contributed by atoms with Crippen LogP contribution in [0.1, 0.15) is 36.2 Å². The summed E-state index contributed by atoms with van der Waals surface area (Å²) in [7, 11) is 0. The maximum atomic E-state index is 13.1. The number of nitrogens with one attached hydrogen (secondary N) is 2. The summed E-state index contributed by atoms with van der Waals surface area (Å²) in [6, 6.07) is 6.39. The normalized spacial score (nSPS) is 12.6. The maximum absolute atomic E-state index is 13.1. The van der Waals surface area contributed by atoms with Crippen LogP contribution in [-0.2, 0) is 6.18 Å². The lowest BCUT2D eigenvalue weighted by Crippen LogP contribution is -2.31. The summed E-state index contributed by atoms with van der Waals surface area (Å²) in [6.07, 6.45) is -2.46. The summed E-state index contributed by atoms with van der Waals surface area (Å²) in [5.74, 6) is -0.0937. The molecule has 4 nitrogen and oxygen atoms in total. The van der Waals surface area contributed by atoms with E-state index >= 15 is 0 Å². The number of hydrogen-bond acceptors (Lipinski definition) is 3. The number of amides is 1. The van der Waals surface area contributed by atoms with Crippen molar-refractivity contribution in [2.24, 2.45) is 0 Å². The second kappa shape index (κ2) is 7.74. The minimum absolute atomic E-state index is 0.0112. The minimum atomic E-state index is -4.55. The smallest absolute Gasteiger partial charge is 0.350 e. The van der Waals surface area contributed by atoms with E-state index in [0.717, 1.165) is 12.5 Å². The van der Waals surface area contributed by atoms with Gasteiger partial charge in [-0.3, -0.25) is 4.79 Å². The van der Waals surface area contributed by atoms with Crippen LogP contribution in [0.2, 0.25) is 5.02 Å². The van der Waals surface area contributed by atoms with Gasteiger partial charge in [0.15, 0.2) is 0 Å². The SMILES string of the molecule is CCC(C)NC(=O)c1ccc(Nc2ccc(Cl)cc2C(F)(F)F)nc1. The van der Waals surface area contributed by atoms with Crippen molar-refractivity contribution in [3.63, 3.8) is 0 Å². The van der Waals surface area contributed by atoms with E-state index in [1.165, 1.54) is 30.5 Å². The van der Waals surface area contributed by atoms with Crippen LogP contribution in [0.3, 0.4) is 0 Å². The van der Waals surface area contributed by atoms with Gasteiger partial charge in [-0.05, 0) is 43.7 Å². The molecule has 0 saturated carbocycles. The van der Waals surface area contributed by atoms with E-state index in [4.69, 9.17) is 11.6 Å². The Kier molecular flexibility index (Phi) is 5.89. The van der Waals surface area contributed by atoms with Crippen molar-refractivity contribution in [1.29, 1.82) is 0 Å². The van der Waals surface area contributed by atoms with Gasteiger partial charge in [0.2, 0.25) is 0 Å². The summed E-state index contributed by atoms with van der Waals surface area (Å²) in [5.41, 5.74) is -0.723. The molecule has 0 aliphatic carbocycles. The highest BCUT2D eigenvalue weighted by atomic mass is 35.5. The number of aromatic nitrogens is 1. The number of hydrogen-bond donors (Lipinski definition) is 2. The predicted octanol–water partition coefficient (Wildman–Crippen LogP) is 5.03. The first-order valence-electron chi connectivity index (χ1n) is 7.61. The summed E-state index contributed by atoms with van der Waals surface area (Å²) in [4.78, 5) is 16.0.